The van der Waals surface area contributed by atoms with Gasteiger partial charge in [-0.2, -0.15) is 0 Å². The molecule has 0 bridgehead atoms. The van der Waals surface area contributed by atoms with Crippen LogP contribution >= 0.6 is 0 Å². The maximum Gasteiger partial charge on any atom is 0.335 e. The van der Waals surface area contributed by atoms with Crippen LogP contribution in [0.15, 0.2) is 45.9 Å². The van der Waals surface area contributed by atoms with Gasteiger partial charge >= 0.3 is 5.97 Å². The van der Waals surface area contributed by atoms with Crippen LogP contribution in [0.1, 0.15) is 36.9 Å². The number of furan rings is 1. The van der Waals surface area contributed by atoms with Gasteiger partial charge in [-0.3, -0.25) is 0 Å². The van der Waals surface area contributed by atoms with E-state index in [1.54, 1.807) is 12.1 Å². The first-order valence-corrected chi connectivity index (χ1v) is 8.74. The first-order chi connectivity index (χ1) is 11.1. The molecule has 0 saturated carbocycles. The van der Waals surface area contributed by atoms with Gasteiger partial charge in [0.15, 0.2) is 0 Å². The predicted octanol–water partition coefficient (Wildman–Crippen LogP) is 2.67. The molecular formula is C16H20N2O5S. The van der Waals surface area contributed by atoms with Crippen LogP contribution in [0.5, 0.6) is 0 Å². The van der Waals surface area contributed by atoms with Crippen molar-refractivity contribution in [1.82, 2.24) is 4.72 Å². The van der Waals surface area contributed by atoms with E-state index in [1.807, 2.05) is 20.8 Å². The minimum absolute atomic E-state index is 0.0262. The first kappa shape index (κ1) is 18.0. The Balaban J connectivity index is 2.39. The summed E-state index contributed by atoms with van der Waals surface area (Å²) in [4.78, 5) is 11.0. The second kappa shape index (κ2) is 6.66. The minimum atomic E-state index is -3.93. The molecule has 7 nitrogen and oxygen atoms in total. The summed E-state index contributed by atoms with van der Waals surface area (Å²) in [5.74, 6) is -0.738. The van der Waals surface area contributed by atoms with Gasteiger partial charge in [-0.05, 0) is 51.1 Å². The van der Waals surface area contributed by atoms with Crippen molar-refractivity contribution in [2.75, 3.05) is 5.32 Å². The predicted molar refractivity (Wildman–Crippen MR) is 89.5 cm³/mol. The Hall–Kier alpha value is -2.32. The average Bonchev–Trinajstić information content (AvgIpc) is 2.97. The molecule has 2 aromatic rings. The average molecular weight is 352 g/mol. The topological polar surface area (TPSA) is 109 Å². The lowest BCUT2D eigenvalue weighted by atomic mass is 10.1. The van der Waals surface area contributed by atoms with Gasteiger partial charge < -0.3 is 14.8 Å². The van der Waals surface area contributed by atoms with E-state index in [0.29, 0.717) is 11.4 Å². The van der Waals surface area contributed by atoms with Gasteiger partial charge in [0, 0.05) is 5.54 Å². The van der Waals surface area contributed by atoms with Gasteiger partial charge in [0.25, 0.3) is 0 Å². The van der Waals surface area contributed by atoms with E-state index in [4.69, 9.17) is 9.52 Å². The van der Waals surface area contributed by atoms with Gasteiger partial charge in [0.1, 0.15) is 10.7 Å². The van der Waals surface area contributed by atoms with E-state index in [9.17, 15) is 13.2 Å². The number of hydrogen-bond donors (Lipinski definition) is 3. The van der Waals surface area contributed by atoms with Crippen molar-refractivity contribution in [1.29, 1.82) is 0 Å². The van der Waals surface area contributed by atoms with Crippen LogP contribution in [-0.4, -0.2) is 25.0 Å². The molecule has 0 saturated heterocycles. The molecule has 2 rings (SSSR count). The highest BCUT2D eigenvalue weighted by Crippen LogP contribution is 2.26. The first-order valence-electron chi connectivity index (χ1n) is 7.26. The van der Waals surface area contributed by atoms with Crippen LogP contribution in [0, 0.1) is 0 Å². The zero-order valence-electron chi connectivity index (χ0n) is 13.7. The Morgan fingerprint density at radius 3 is 2.50 bits per heavy atom. The van der Waals surface area contributed by atoms with Gasteiger partial charge in [-0.25, -0.2) is 17.9 Å². The number of anilines is 1. The van der Waals surface area contributed by atoms with E-state index < -0.39 is 21.5 Å². The number of sulfonamides is 1. The molecule has 0 aliphatic rings. The summed E-state index contributed by atoms with van der Waals surface area (Å²) in [6, 6.07) is 7.25. The minimum Gasteiger partial charge on any atom is -0.478 e. The molecule has 24 heavy (non-hydrogen) atoms. The fourth-order valence-electron chi connectivity index (χ4n) is 2.04. The number of carbonyl (C=O) groups is 1. The molecule has 1 aromatic heterocycles. The highest BCUT2D eigenvalue weighted by atomic mass is 32.2. The Bertz CT molecular complexity index is 821. The standard InChI is InChI=1S/C16H20N2O5S/c1-16(2,3)18-13-7-6-11(15(19)20)9-14(13)24(21,22)17-10-12-5-4-8-23-12/h4-9,17-18H,10H2,1-3H3,(H,19,20). The quantitative estimate of drug-likeness (QED) is 0.737. The van der Waals surface area contributed by atoms with Gasteiger partial charge in [-0.1, -0.05) is 0 Å². The van der Waals surface area contributed by atoms with Gasteiger partial charge in [-0.15, -0.1) is 0 Å². The van der Waals surface area contributed by atoms with Crippen LogP contribution in [0.3, 0.4) is 0 Å². The molecule has 1 heterocycles. The molecule has 0 atom stereocenters. The second-order valence-corrected chi connectivity index (χ2v) is 8.03. The largest absolute Gasteiger partial charge is 0.478 e. The van der Waals surface area contributed by atoms with Crippen LogP contribution in [-0.2, 0) is 16.6 Å². The number of rotatable bonds is 6. The number of aromatic carboxylic acids is 1. The van der Waals surface area contributed by atoms with Crippen molar-refractivity contribution in [2.45, 2.75) is 37.8 Å². The van der Waals surface area contributed by atoms with Crippen molar-refractivity contribution < 1.29 is 22.7 Å². The normalized spacial score (nSPS) is 12.1. The number of carboxylic acids is 1. The lowest BCUT2D eigenvalue weighted by Crippen LogP contribution is -2.29. The lowest BCUT2D eigenvalue weighted by Gasteiger charge is -2.24. The van der Waals surface area contributed by atoms with E-state index in [1.165, 1.54) is 18.4 Å². The molecule has 130 valence electrons. The third-order valence-electron chi connectivity index (χ3n) is 3.04. The molecule has 0 radical (unpaired) electrons. The third kappa shape index (κ3) is 4.59. The highest BCUT2D eigenvalue weighted by Gasteiger charge is 2.23. The van der Waals surface area contributed by atoms with Crippen molar-refractivity contribution in [3.05, 3.63) is 47.9 Å². The molecule has 0 fully saturated rings. The summed E-state index contributed by atoms with van der Waals surface area (Å²) in [5.41, 5.74) is -0.164. The van der Waals surface area contributed by atoms with Gasteiger partial charge in [0.05, 0.1) is 24.1 Å². The maximum atomic E-state index is 12.6. The Labute approximate surface area is 140 Å². The Morgan fingerprint density at radius 2 is 1.96 bits per heavy atom. The zero-order chi connectivity index (χ0) is 18.0. The number of hydrogen-bond acceptors (Lipinski definition) is 5. The summed E-state index contributed by atoms with van der Waals surface area (Å²) >= 11 is 0. The molecule has 0 unspecified atom stereocenters. The van der Waals surface area contributed by atoms with Crippen molar-refractivity contribution in [2.24, 2.45) is 0 Å². The fourth-order valence-corrected chi connectivity index (χ4v) is 3.22. The second-order valence-electron chi connectivity index (χ2n) is 6.30. The SMILES string of the molecule is CC(C)(C)Nc1ccc(C(=O)O)cc1S(=O)(=O)NCc1ccco1. The van der Waals surface area contributed by atoms with Crippen molar-refractivity contribution >= 4 is 21.7 Å². The summed E-state index contributed by atoms with van der Waals surface area (Å²) in [5, 5.41) is 12.2. The number of nitrogens with one attached hydrogen (secondary N) is 2. The number of benzene rings is 1. The van der Waals surface area contributed by atoms with Crippen LogP contribution in [0.4, 0.5) is 5.69 Å². The maximum absolute atomic E-state index is 12.6. The summed E-state index contributed by atoms with van der Waals surface area (Å²) < 4.78 is 32.8. The van der Waals surface area contributed by atoms with E-state index in [0.717, 1.165) is 6.07 Å². The smallest absolute Gasteiger partial charge is 0.335 e. The Morgan fingerprint density at radius 1 is 1.25 bits per heavy atom. The lowest BCUT2D eigenvalue weighted by molar-refractivity contribution is 0.0696. The monoisotopic (exact) mass is 352 g/mol. The highest BCUT2D eigenvalue weighted by molar-refractivity contribution is 7.89. The number of carboxylic acid groups (broad SMARTS) is 1. The Kier molecular flexibility index (Phi) is 5.00. The van der Waals surface area contributed by atoms with Crippen LogP contribution in [0.25, 0.3) is 0 Å². The van der Waals surface area contributed by atoms with E-state index in [2.05, 4.69) is 10.0 Å². The molecule has 0 aliphatic carbocycles. The molecule has 0 spiro atoms. The van der Waals surface area contributed by atoms with Crippen molar-refractivity contribution in [3.8, 4) is 0 Å². The van der Waals surface area contributed by atoms with Crippen LogP contribution in [0.2, 0.25) is 0 Å². The zero-order valence-corrected chi connectivity index (χ0v) is 14.5. The molecular weight excluding hydrogens is 332 g/mol. The summed E-state index contributed by atoms with van der Waals surface area (Å²) in [6.07, 6.45) is 1.45. The molecule has 0 amide bonds. The summed E-state index contributed by atoms with van der Waals surface area (Å²) in [6.45, 7) is 5.61. The van der Waals surface area contributed by atoms with Crippen molar-refractivity contribution in [3.63, 3.8) is 0 Å². The molecule has 1 aromatic carbocycles. The fraction of sp³-hybridized carbons (Fsp3) is 0.312. The van der Waals surface area contributed by atoms with E-state index in [-0.39, 0.29) is 17.0 Å². The summed E-state index contributed by atoms with van der Waals surface area (Å²) in [7, 11) is -3.93. The molecule has 3 N–H and O–H groups in total. The molecule has 0 aliphatic heterocycles. The third-order valence-corrected chi connectivity index (χ3v) is 4.49. The van der Waals surface area contributed by atoms with E-state index >= 15 is 0 Å². The molecule has 8 heteroatoms. The van der Waals surface area contributed by atoms with Crippen LogP contribution < -0.4 is 10.0 Å². The van der Waals surface area contributed by atoms with Gasteiger partial charge in [0.2, 0.25) is 10.0 Å².